The number of carboxylic acid groups (broad SMARTS) is 1. The van der Waals surface area contributed by atoms with E-state index in [2.05, 4.69) is 5.32 Å². The van der Waals surface area contributed by atoms with Crippen molar-refractivity contribution in [1.29, 1.82) is 0 Å². The van der Waals surface area contributed by atoms with Crippen LogP contribution in [0.4, 0.5) is 0 Å². The van der Waals surface area contributed by atoms with Gasteiger partial charge in [0.1, 0.15) is 4.21 Å². The van der Waals surface area contributed by atoms with Crippen LogP contribution in [0.15, 0.2) is 15.7 Å². The van der Waals surface area contributed by atoms with Gasteiger partial charge in [-0.15, -0.1) is 11.3 Å². The minimum atomic E-state index is -3.80. The lowest BCUT2D eigenvalue weighted by atomic mass is 10.1. The van der Waals surface area contributed by atoms with Crippen molar-refractivity contribution in [2.24, 2.45) is 11.1 Å². The molecule has 2 atom stereocenters. The summed E-state index contributed by atoms with van der Waals surface area (Å²) >= 11 is 0.880. The minimum Gasteiger partial charge on any atom is -0.481 e. The average Bonchev–Trinajstić information content (AvgIpc) is 2.95. The van der Waals surface area contributed by atoms with Crippen molar-refractivity contribution in [3.05, 3.63) is 17.0 Å². The number of nitrogens with one attached hydrogen (secondary N) is 1. The third kappa shape index (κ3) is 3.35. The second-order valence-electron chi connectivity index (χ2n) is 4.72. The smallest absolute Gasteiger partial charge is 0.306 e. The number of hydrogen-bond acceptors (Lipinski definition) is 5. The van der Waals surface area contributed by atoms with Crippen molar-refractivity contribution in [3.63, 3.8) is 0 Å². The van der Waals surface area contributed by atoms with Gasteiger partial charge in [-0.25, -0.2) is 13.6 Å². The molecule has 1 aliphatic rings. The first-order chi connectivity index (χ1) is 9.27. The largest absolute Gasteiger partial charge is 0.481 e. The third-order valence-electron chi connectivity index (χ3n) is 3.24. The fraction of sp³-hybridized carbons (Fsp3) is 0.455. The summed E-state index contributed by atoms with van der Waals surface area (Å²) in [5.41, 5.74) is 0.220. The highest BCUT2D eigenvalue weighted by atomic mass is 32.2. The zero-order chi connectivity index (χ0) is 14.9. The molecular formula is C11H14N2O5S2. The van der Waals surface area contributed by atoms with E-state index in [9.17, 15) is 18.0 Å². The highest BCUT2D eigenvalue weighted by molar-refractivity contribution is 7.91. The maximum Gasteiger partial charge on any atom is 0.306 e. The van der Waals surface area contributed by atoms with Crippen LogP contribution in [0.5, 0.6) is 0 Å². The molecule has 1 saturated carbocycles. The second kappa shape index (κ2) is 5.51. The number of primary sulfonamides is 1. The SMILES string of the molecule is NS(=O)(=O)c1cc(C(=O)N[C@@H]2CC[C@H](C(=O)O)C2)cs1. The Morgan fingerprint density at radius 1 is 1.40 bits per heavy atom. The van der Waals surface area contributed by atoms with Gasteiger partial charge < -0.3 is 10.4 Å². The van der Waals surface area contributed by atoms with Crippen LogP contribution < -0.4 is 10.5 Å². The van der Waals surface area contributed by atoms with Crippen LogP contribution in [0.1, 0.15) is 29.6 Å². The molecule has 0 aliphatic heterocycles. The van der Waals surface area contributed by atoms with Gasteiger partial charge in [0.15, 0.2) is 0 Å². The summed E-state index contributed by atoms with van der Waals surface area (Å²) in [7, 11) is -3.80. The van der Waals surface area contributed by atoms with E-state index >= 15 is 0 Å². The van der Waals surface area contributed by atoms with Crippen LogP contribution in [0, 0.1) is 5.92 Å². The predicted molar refractivity (Wildman–Crippen MR) is 71.9 cm³/mol. The van der Waals surface area contributed by atoms with Gasteiger partial charge in [0.2, 0.25) is 10.0 Å². The average molecular weight is 318 g/mol. The Kier molecular flexibility index (Phi) is 4.11. The number of carbonyl (C=O) groups excluding carboxylic acids is 1. The molecule has 1 aromatic heterocycles. The highest BCUT2D eigenvalue weighted by Crippen LogP contribution is 2.26. The Hall–Kier alpha value is -1.45. The summed E-state index contributed by atoms with van der Waals surface area (Å²) in [6.45, 7) is 0. The molecule has 4 N–H and O–H groups in total. The Labute approximate surface area is 119 Å². The summed E-state index contributed by atoms with van der Waals surface area (Å²) in [5, 5.41) is 18.0. The Morgan fingerprint density at radius 2 is 2.10 bits per heavy atom. The van der Waals surface area contributed by atoms with Crippen molar-refractivity contribution in [2.45, 2.75) is 29.5 Å². The Bertz CT molecular complexity index is 637. The first-order valence-corrected chi connectivity index (χ1v) is 8.35. The molecule has 20 heavy (non-hydrogen) atoms. The standard InChI is InChI=1S/C11H14N2O5S2/c12-20(17,18)9-4-7(5-19-9)10(14)13-8-2-1-6(3-8)11(15)16/h4-6,8H,1-3H2,(H,13,14)(H,15,16)(H2,12,17,18)/t6-,8+/m0/s1. The van der Waals surface area contributed by atoms with Gasteiger partial charge in [-0.2, -0.15) is 0 Å². The lowest BCUT2D eigenvalue weighted by Crippen LogP contribution is -2.33. The van der Waals surface area contributed by atoms with Gasteiger partial charge in [0.05, 0.1) is 11.5 Å². The molecule has 0 aromatic carbocycles. The molecule has 2 rings (SSSR count). The predicted octanol–water partition coefficient (Wildman–Crippen LogP) is 0.379. The number of rotatable bonds is 4. The van der Waals surface area contributed by atoms with Crippen molar-refractivity contribution >= 4 is 33.2 Å². The number of hydrogen-bond donors (Lipinski definition) is 3. The van der Waals surface area contributed by atoms with E-state index in [4.69, 9.17) is 10.2 Å². The number of sulfonamides is 1. The molecule has 1 aliphatic carbocycles. The monoisotopic (exact) mass is 318 g/mol. The first kappa shape index (κ1) is 14.9. The first-order valence-electron chi connectivity index (χ1n) is 5.92. The normalized spacial score (nSPS) is 22.6. The van der Waals surface area contributed by atoms with E-state index < -0.39 is 27.8 Å². The zero-order valence-corrected chi connectivity index (χ0v) is 12.0. The Morgan fingerprint density at radius 3 is 2.60 bits per heavy atom. The van der Waals surface area contributed by atoms with Gasteiger partial charge in [-0.3, -0.25) is 9.59 Å². The number of carbonyl (C=O) groups is 2. The molecule has 0 saturated heterocycles. The van der Waals surface area contributed by atoms with Crippen molar-refractivity contribution in [1.82, 2.24) is 5.32 Å². The van der Waals surface area contributed by atoms with Gasteiger partial charge in [0.25, 0.3) is 5.91 Å². The summed E-state index contributed by atoms with van der Waals surface area (Å²) < 4.78 is 22.2. The summed E-state index contributed by atoms with van der Waals surface area (Å²) in [6, 6.07) is 1.03. The van der Waals surface area contributed by atoms with Crippen LogP contribution in [0.25, 0.3) is 0 Å². The quantitative estimate of drug-likeness (QED) is 0.739. The van der Waals surface area contributed by atoms with E-state index in [0.29, 0.717) is 19.3 Å². The second-order valence-corrected chi connectivity index (χ2v) is 7.42. The van der Waals surface area contributed by atoms with Gasteiger partial charge in [-0.05, 0) is 25.3 Å². The van der Waals surface area contributed by atoms with Gasteiger partial charge in [-0.1, -0.05) is 0 Å². The van der Waals surface area contributed by atoms with Crippen molar-refractivity contribution in [3.8, 4) is 0 Å². The fourth-order valence-corrected chi connectivity index (χ4v) is 3.78. The molecule has 110 valence electrons. The zero-order valence-electron chi connectivity index (χ0n) is 10.4. The molecular weight excluding hydrogens is 304 g/mol. The van der Waals surface area contributed by atoms with Crippen LogP contribution in [0.3, 0.4) is 0 Å². The van der Waals surface area contributed by atoms with Gasteiger partial charge in [0, 0.05) is 11.4 Å². The van der Waals surface area contributed by atoms with Gasteiger partial charge >= 0.3 is 5.97 Å². The van der Waals surface area contributed by atoms with E-state index in [0.717, 1.165) is 11.3 Å². The maximum absolute atomic E-state index is 11.9. The van der Waals surface area contributed by atoms with E-state index in [1.165, 1.54) is 11.4 Å². The lowest BCUT2D eigenvalue weighted by molar-refractivity contribution is -0.141. The molecule has 1 amide bonds. The van der Waals surface area contributed by atoms with Crippen LogP contribution in [-0.4, -0.2) is 31.4 Å². The summed E-state index contributed by atoms with van der Waals surface area (Å²) in [5.74, 6) is -1.69. The van der Waals surface area contributed by atoms with Crippen molar-refractivity contribution < 1.29 is 23.1 Å². The fourth-order valence-electron chi connectivity index (χ4n) is 2.19. The summed E-state index contributed by atoms with van der Waals surface area (Å²) in [6.07, 6.45) is 1.54. The topological polar surface area (TPSA) is 127 Å². The molecule has 0 bridgehead atoms. The molecule has 0 spiro atoms. The maximum atomic E-state index is 11.9. The molecule has 7 nitrogen and oxygen atoms in total. The lowest BCUT2D eigenvalue weighted by Gasteiger charge is -2.11. The number of nitrogens with two attached hydrogens (primary N) is 1. The number of thiophene rings is 1. The number of carboxylic acids is 1. The Balaban J connectivity index is 1.99. The molecule has 0 radical (unpaired) electrons. The van der Waals surface area contributed by atoms with Crippen LogP contribution >= 0.6 is 11.3 Å². The minimum absolute atomic E-state index is 0.0718. The van der Waals surface area contributed by atoms with Crippen LogP contribution in [-0.2, 0) is 14.8 Å². The number of aliphatic carboxylic acids is 1. The molecule has 1 fully saturated rings. The van der Waals surface area contributed by atoms with Crippen LogP contribution in [0.2, 0.25) is 0 Å². The summed E-state index contributed by atoms with van der Waals surface area (Å²) in [4.78, 5) is 22.8. The number of amides is 1. The molecule has 1 aromatic rings. The molecule has 1 heterocycles. The van der Waals surface area contributed by atoms with E-state index in [1.807, 2.05) is 0 Å². The third-order valence-corrected chi connectivity index (χ3v) is 5.62. The van der Waals surface area contributed by atoms with E-state index in [1.54, 1.807) is 0 Å². The van der Waals surface area contributed by atoms with E-state index in [-0.39, 0.29) is 15.8 Å². The molecule has 9 heteroatoms. The molecule has 0 unspecified atom stereocenters. The van der Waals surface area contributed by atoms with Crippen molar-refractivity contribution in [2.75, 3.05) is 0 Å². The highest BCUT2D eigenvalue weighted by Gasteiger charge is 2.30.